The number of amides is 2. The summed E-state index contributed by atoms with van der Waals surface area (Å²) in [5, 5.41) is 8.25. The molecule has 3 rings (SSSR count). The molecule has 0 aliphatic rings. The fourth-order valence-corrected chi connectivity index (χ4v) is 4.78. The van der Waals surface area contributed by atoms with Gasteiger partial charge in [-0.25, -0.2) is 4.68 Å². The topological polar surface area (TPSA) is 67.2 Å². The van der Waals surface area contributed by atoms with E-state index in [1.54, 1.807) is 15.6 Å². The molecule has 3 aromatic rings. The molecule has 0 spiro atoms. The molecule has 0 saturated carbocycles. The summed E-state index contributed by atoms with van der Waals surface area (Å²) in [6.07, 6.45) is 3.18. The van der Waals surface area contributed by atoms with Gasteiger partial charge >= 0.3 is 0 Å². The van der Waals surface area contributed by atoms with Crippen LogP contribution in [0.2, 0.25) is 5.02 Å². The van der Waals surface area contributed by atoms with Gasteiger partial charge in [0.2, 0.25) is 11.8 Å². The molecule has 198 valence electrons. The molecular formula is C30H39ClN4O2. The van der Waals surface area contributed by atoms with Crippen LogP contribution in [0.3, 0.4) is 0 Å². The van der Waals surface area contributed by atoms with Gasteiger partial charge in [0.15, 0.2) is 0 Å². The maximum Gasteiger partial charge on any atom is 0.245 e. The lowest BCUT2D eigenvalue weighted by molar-refractivity contribution is -0.135. The summed E-state index contributed by atoms with van der Waals surface area (Å²) in [6.45, 7) is 11.3. The lowest BCUT2D eigenvalue weighted by Gasteiger charge is -2.26. The van der Waals surface area contributed by atoms with E-state index in [1.807, 2.05) is 54.6 Å². The Kier molecular flexibility index (Phi) is 9.93. The normalized spacial score (nSPS) is 12.3. The number of aromatic nitrogens is 2. The molecule has 0 saturated heterocycles. The van der Waals surface area contributed by atoms with E-state index in [-0.39, 0.29) is 29.7 Å². The largest absolute Gasteiger partial charge is 0.333 e. The van der Waals surface area contributed by atoms with Crippen LogP contribution in [0.1, 0.15) is 60.3 Å². The highest BCUT2D eigenvalue weighted by Gasteiger charge is 2.23. The fraction of sp³-hybridized carbons (Fsp3) is 0.433. The Morgan fingerprint density at radius 3 is 2.41 bits per heavy atom. The number of carbonyl (C=O) groups excluding carboxylic acids is 2. The third-order valence-electron chi connectivity index (χ3n) is 6.08. The van der Waals surface area contributed by atoms with Gasteiger partial charge in [-0.1, -0.05) is 95.1 Å². The van der Waals surface area contributed by atoms with Gasteiger partial charge in [0.05, 0.1) is 22.9 Å². The second-order valence-corrected chi connectivity index (χ2v) is 11.3. The highest BCUT2D eigenvalue weighted by Crippen LogP contribution is 2.29. The average molecular weight is 523 g/mol. The second kappa shape index (κ2) is 12.9. The number of rotatable bonds is 11. The third kappa shape index (κ3) is 8.46. The van der Waals surface area contributed by atoms with E-state index in [2.05, 4.69) is 39.9 Å². The number of hydrogen-bond acceptors (Lipinski definition) is 3. The maximum absolute atomic E-state index is 13.2. The third-order valence-corrected chi connectivity index (χ3v) is 6.40. The van der Waals surface area contributed by atoms with Gasteiger partial charge in [0, 0.05) is 24.6 Å². The maximum atomic E-state index is 13.2. The van der Waals surface area contributed by atoms with Crippen molar-refractivity contribution in [3.05, 3.63) is 65.7 Å². The number of hydrogen-bond donors (Lipinski definition) is 1. The fourth-order valence-electron chi connectivity index (χ4n) is 4.57. The Bertz CT molecular complexity index is 1180. The zero-order valence-electron chi connectivity index (χ0n) is 22.6. The molecule has 1 N–H and O–H groups in total. The number of para-hydroxylation sites is 1. The van der Waals surface area contributed by atoms with Crippen LogP contribution in [0.4, 0.5) is 5.82 Å². The molecule has 6 nitrogen and oxygen atoms in total. The molecule has 0 fully saturated rings. The number of halogens is 1. The number of carbonyl (C=O) groups is 2. The van der Waals surface area contributed by atoms with Crippen LogP contribution >= 0.6 is 11.6 Å². The quantitative estimate of drug-likeness (QED) is 0.289. The number of anilines is 1. The Morgan fingerprint density at radius 2 is 1.76 bits per heavy atom. The molecule has 1 heterocycles. The van der Waals surface area contributed by atoms with Crippen LogP contribution in [-0.2, 0) is 9.59 Å². The summed E-state index contributed by atoms with van der Waals surface area (Å²) in [6, 6.07) is 19.0. The van der Waals surface area contributed by atoms with Crippen LogP contribution in [-0.4, -0.2) is 39.6 Å². The monoisotopic (exact) mass is 522 g/mol. The van der Waals surface area contributed by atoms with E-state index in [4.69, 9.17) is 16.7 Å². The summed E-state index contributed by atoms with van der Waals surface area (Å²) in [5.74, 6) is 0.501. The van der Waals surface area contributed by atoms with Gasteiger partial charge in [-0.05, 0) is 36.3 Å². The van der Waals surface area contributed by atoms with E-state index in [9.17, 15) is 9.59 Å². The summed E-state index contributed by atoms with van der Waals surface area (Å²) >= 11 is 6.47. The number of benzene rings is 2. The predicted molar refractivity (Wildman–Crippen MR) is 152 cm³/mol. The molecular weight excluding hydrogens is 484 g/mol. The van der Waals surface area contributed by atoms with Gasteiger partial charge in [0.1, 0.15) is 5.82 Å². The van der Waals surface area contributed by atoms with E-state index in [0.717, 1.165) is 24.8 Å². The van der Waals surface area contributed by atoms with Crippen molar-refractivity contribution < 1.29 is 9.59 Å². The molecule has 2 aromatic carbocycles. The molecule has 37 heavy (non-hydrogen) atoms. The van der Waals surface area contributed by atoms with Gasteiger partial charge in [0.25, 0.3) is 0 Å². The van der Waals surface area contributed by atoms with Crippen molar-refractivity contribution in [2.45, 2.75) is 60.3 Å². The molecule has 1 unspecified atom stereocenters. The minimum absolute atomic E-state index is 0.00452. The summed E-state index contributed by atoms with van der Waals surface area (Å²) < 4.78 is 1.65. The van der Waals surface area contributed by atoms with Crippen molar-refractivity contribution in [2.24, 2.45) is 11.3 Å². The Balaban J connectivity index is 1.82. The van der Waals surface area contributed by atoms with Crippen LogP contribution in [0.15, 0.2) is 60.7 Å². The van der Waals surface area contributed by atoms with Crippen molar-refractivity contribution in [3.63, 3.8) is 0 Å². The summed E-state index contributed by atoms with van der Waals surface area (Å²) in [4.78, 5) is 28.1. The first-order chi connectivity index (χ1) is 17.6. The molecule has 2 amide bonds. The summed E-state index contributed by atoms with van der Waals surface area (Å²) in [7, 11) is 0. The molecule has 7 heteroatoms. The minimum Gasteiger partial charge on any atom is -0.333 e. The first kappa shape index (κ1) is 28.5. The molecule has 1 atom stereocenters. The first-order valence-corrected chi connectivity index (χ1v) is 13.4. The average Bonchev–Trinajstić information content (AvgIpc) is 3.24. The molecule has 1 aromatic heterocycles. The minimum atomic E-state index is -0.263. The number of nitrogens with zero attached hydrogens (tertiary/aromatic N) is 3. The van der Waals surface area contributed by atoms with E-state index >= 15 is 0 Å². The highest BCUT2D eigenvalue weighted by molar-refractivity contribution is 6.32. The van der Waals surface area contributed by atoms with Crippen molar-refractivity contribution in [2.75, 3.05) is 18.4 Å². The summed E-state index contributed by atoms with van der Waals surface area (Å²) in [5.41, 5.74) is 2.46. The zero-order chi connectivity index (χ0) is 27.0. The number of unbranched alkanes of at least 4 members (excludes halogenated alkanes) is 1. The molecule has 0 aliphatic heterocycles. The standard InChI is InChI=1S/C30H39ClN4O2/c1-6-7-17-34(29(37)18-22(2)20-30(3,4)5)21-28(36)32-27-19-25(23-13-9-8-10-14-23)33-35(27)26-16-12-11-15-24(26)31/h8-16,19,22H,6-7,17-18,20-21H2,1-5H3,(H,32,36). The van der Waals surface area contributed by atoms with E-state index < -0.39 is 0 Å². The number of nitrogens with one attached hydrogen (secondary N) is 1. The smallest absolute Gasteiger partial charge is 0.245 e. The highest BCUT2D eigenvalue weighted by atomic mass is 35.5. The molecule has 0 bridgehead atoms. The first-order valence-electron chi connectivity index (χ1n) is 13.1. The lowest BCUT2D eigenvalue weighted by atomic mass is 9.84. The van der Waals surface area contributed by atoms with Crippen LogP contribution in [0, 0.1) is 11.3 Å². The Hall–Kier alpha value is -3.12. The predicted octanol–water partition coefficient (Wildman–Crippen LogP) is 7.22. The van der Waals surface area contributed by atoms with Gasteiger partial charge in [-0.2, -0.15) is 5.10 Å². The van der Waals surface area contributed by atoms with E-state index in [0.29, 0.717) is 35.2 Å². The van der Waals surface area contributed by atoms with Crippen molar-refractivity contribution in [3.8, 4) is 16.9 Å². The van der Waals surface area contributed by atoms with Gasteiger partial charge in [-0.15, -0.1) is 0 Å². The zero-order valence-corrected chi connectivity index (χ0v) is 23.4. The van der Waals surface area contributed by atoms with Crippen molar-refractivity contribution >= 4 is 29.2 Å². The van der Waals surface area contributed by atoms with Crippen LogP contribution in [0.5, 0.6) is 0 Å². The van der Waals surface area contributed by atoms with E-state index in [1.165, 1.54) is 0 Å². The van der Waals surface area contributed by atoms with Gasteiger partial charge < -0.3 is 10.2 Å². The SMILES string of the molecule is CCCCN(CC(=O)Nc1cc(-c2ccccc2)nn1-c1ccccc1Cl)C(=O)CC(C)CC(C)(C)C. The van der Waals surface area contributed by atoms with Crippen molar-refractivity contribution in [1.29, 1.82) is 0 Å². The van der Waals surface area contributed by atoms with Gasteiger partial charge in [-0.3, -0.25) is 9.59 Å². The lowest BCUT2D eigenvalue weighted by Crippen LogP contribution is -2.39. The van der Waals surface area contributed by atoms with Crippen molar-refractivity contribution in [1.82, 2.24) is 14.7 Å². The Labute approximate surface area is 226 Å². The molecule has 0 radical (unpaired) electrons. The van der Waals surface area contributed by atoms with Crippen LogP contribution in [0.25, 0.3) is 16.9 Å². The molecule has 0 aliphatic carbocycles. The van der Waals surface area contributed by atoms with Crippen LogP contribution < -0.4 is 5.32 Å². The second-order valence-electron chi connectivity index (χ2n) is 10.9. The Morgan fingerprint density at radius 1 is 1.08 bits per heavy atom.